The highest BCUT2D eigenvalue weighted by molar-refractivity contribution is 5.79. The molecule has 0 saturated heterocycles. The summed E-state index contributed by atoms with van der Waals surface area (Å²) < 4.78 is 0. The maximum Gasteiger partial charge on any atom is 0.303 e. The van der Waals surface area contributed by atoms with E-state index in [9.17, 15) is 9.59 Å². The molecule has 0 aromatic carbocycles. The maximum absolute atomic E-state index is 11.5. The summed E-state index contributed by atoms with van der Waals surface area (Å²) in [6, 6.07) is 0.153. The van der Waals surface area contributed by atoms with Crippen molar-refractivity contribution in [1.82, 2.24) is 5.32 Å². The zero-order chi connectivity index (χ0) is 11.3. The van der Waals surface area contributed by atoms with Crippen LogP contribution < -0.4 is 11.1 Å². The Balaban J connectivity index is 2.11. The molecule has 0 aromatic rings. The standard InChI is InChI=1S/C10H18N2O3/c11-8-4-3-7(6-8)10(15)12-5-1-2-9(13)14/h7-8H,1-6,11H2,(H,12,15)(H,13,14). The van der Waals surface area contributed by atoms with E-state index in [-0.39, 0.29) is 24.3 Å². The molecule has 2 unspecified atom stereocenters. The van der Waals surface area contributed by atoms with Crippen LogP contribution >= 0.6 is 0 Å². The number of nitrogens with two attached hydrogens (primary N) is 1. The van der Waals surface area contributed by atoms with E-state index < -0.39 is 5.97 Å². The first-order chi connectivity index (χ1) is 7.09. The van der Waals surface area contributed by atoms with Crippen molar-refractivity contribution in [3.05, 3.63) is 0 Å². The summed E-state index contributed by atoms with van der Waals surface area (Å²) in [4.78, 5) is 21.7. The molecule has 0 radical (unpaired) electrons. The highest BCUT2D eigenvalue weighted by atomic mass is 16.4. The van der Waals surface area contributed by atoms with E-state index in [4.69, 9.17) is 10.8 Å². The number of rotatable bonds is 5. The summed E-state index contributed by atoms with van der Waals surface area (Å²) in [6.07, 6.45) is 3.11. The van der Waals surface area contributed by atoms with Gasteiger partial charge >= 0.3 is 5.97 Å². The third-order valence-electron chi connectivity index (χ3n) is 2.71. The van der Waals surface area contributed by atoms with Crippen LogP contribution in [0, 0.1) is 5.92 Å². The van der Waals surface area contributed by atoms with Crippen LogP contribution in [0.15, 0.2) is 0 Å². The van der Waals surface area contributed by atoms with E-state index in [1.807, 2.05) is 0 Å². The normalized spacial score (nSPS) is 25.1. The van der Waals surface area contributed by atoms with E-state index in [0.717, 1.165) is 19.3 Å². The predicted molar refractivity (Wildman–Crippen MR) is 55.2 cm³/mol. The molecule has 0 heterocycles. The zero-order valence-corrected chi connectivity index (χ0v) is 8.74. The van der Waals surface area contributed by atoms with E-state index in [1.165, 1.54) is 0 Å². The Morgan fingerprint density at radius 2 is 2.13 bits per heavy atom. The van der Waals surface area contributed by atoms with E-state index in [2.05, 4.69) is 5.32 Å². The van der Waals surface area contributed by atoms with Crippen molar-refractivity contribution in [3.8, 4) is 0 Å². The highest BCUT2D eigenvalue weighted by Crippen LogP contribution is 2.23. The number of aliphatic carboxylic acids is 1. The summed E-state index contributed by atoms with van der Waals surface area (Å²) in [5, 5.41) is 11.1. The van der Waals surface area contributed by atoms with Crippen molar-refractivity contribution in [2.24, 2.45) is 11.7 Å². The summed E-state index contributed by atoms with van der Waals surface area (Å²) in [7, 11) is 0. The molecule has 0 aliphatic heterocycles. The highest BCUT2D eigenvalue weighted by Gasteiger charge is 2.27. The van der Waals surface area contributed by atoms with Crippen LogP contribution in [0.4, 0.5) is 0 Å². The van der Waals surface area contributed by atoms with Gasteiger partial charge in [0.1, 0.15) is 0 Å². The Kier molecular flexibility index (Phi) is 4.55. The molecule has 1 aliphatic rings. The van der Waals surface area contributed by atoms with Crippen LogP contribution in [0.2, 0.25) is 0 Å². The average Bonchev–Trinajstić information content (AvgIpc) is 2.59. The lowest BCUT2D eigenvalue weighted by Gasteiger charge is -2.09. The molecule has 1 saturated carbocycles. The second kappa shape index (κ2) is 5.70. The Morgan fingerprint density at radius 3 is 2.67 bits per heavy atom. The minimum absolute atomic E-state index is 0.0216. The third kappa shape index (κ3) is 4.29. The summed E-state index contributed by atoms with van der Waals surface area (Å²) in [5.41, 5.74) is 5.70. The molecular formula is C10H18N2O3. The van der Waals surface area contributed by atoms with Gasteiger partial charge in [-0.1, -0.05) is 0 Å². The molecule has 1 amide bonds. The van der Waals surface area contributed by atoms with Crippen LogP contribution in [-0.2, 0) is 9.59 Å². The van der Waals surface area contributed by atoms with Crippen molar-refractivity contribution < 1.29 is 14.7 Å². The first kappa shape index (κ1) is 12.0. The van der Waals surface area contributed by atoms with Crippen molar-refractivity contribution in [3.63, 3.8) is 0 Å². The van der Waals surface area contributed by atoms with Crippen LogP contribution in [-0.4, -0.2) is 29.6 Å². The summed E-state index contributed by atoms with van der Waals surface area (Å²) in [6.45, 7) is 0.441. The van der Waals surface area contributed by atoms with Gasteiger partial charge in [0.15, 0.2) is 0 Å². The maximum atomic E-state index is 11.5. The van der Waals surface area contributed by atoms with E-state index in [0.29, 0.717) is 13.0 Å². The van der Waals surface area contributed by atoms with Crippen molar-refractivity contribution in [1.29, 1.82) is 0 Å². The number of hydrogen-bond donors (Lipinski definition) is 3. The van der Waals surface area contributed by atoms with Gasteiger partial charge in [-0.3, -0.25) is 9.59 Å². The van der Waals surface area contributed by atoms with Gasteiger partial charge in [0, 0.05) is 24.9 Å². The number of amides is 1. The van der Waals surface area contributed by atoms with Crippen molar-refractivity contribution in [2.45, 2.75) is 38.1 Å². The van der Waals surface area contributed by atoms with Gasteiger partial charge in [-0.25, -0.2) is 0 Å². The molecule has 5 heteroatoms. The average molecular weight is 214 g/mol. The Labute approximate surface area is 89.0 Å². The SMILES string of the molecule is NC1CCC(C(=O)NCCCC(=O)O)C1. The number of nitrogens with one attached hydrogen (secondary N) is 1. The van der Waals surface area contributed by atoms with Crippen molar-refractivity contribution >= 4 is 11.9 Å². The van der Waals surface area contributed by atoms with Gasteiger partial charge in [0.25, 0.3) is 0 Å². The van der Waals surface area contributed by atoms with E-state index >= 15 is 0 Å². The molecule has 86 valence electrons. The minimum Gasteiger partial charge on any atom is -0.481 e. The second-order valence-corrected chi connectivity index (χ2v) is 4.06. The first-order valence-electron chi connectivity index (χ1n) is 5.34. The number of carboxylic acids is 1. The fraction of sp³-hybridized carbons (Fsp3) is 0.800. The fourth-order valence-electron chi connectivity index (χ4n) is 1.85. The molecule has 1 rings (SSSR count). The van der Waals surface area contributed by atoms with Gasteiger partial charge < -0.3 is 16.2 Å². The topological polar surface area (TPSA) is 92.4 Å². The lowest BCUT2D eigenvalue weighted by atomic mass is 10.1. The Morgan fingerprint density at radius 1 is 1.40 bits per heavy atom. The Bertz CT molecular complexity index is 243. The lowest BCUT2D eigenvalue weighted by Crippen LogP contribution is -2.31. The predicted octanol–water partition coefficient (Wildman–Crippen LogP) is 0.0948. The van der Waals surface area contributed by atoms with Crippen LogP contribution in [0.3, 0.4) is 0 Å². The second-order valence-electron chi connectivity index (χ2n) is 4.06. The monoisotopic (exact) mass is 214 g/mol. The van der Waals surface area contributed by atoms with Gasteiger partial charge in [0.2, 0.25) is 5.91 Å². The largest absolute Gasteiger partial charge is 0.481 e. The van der Waals surface area contributed by atoms with Gasteiger partial charge in [-0.15, -0.1) is 0 Å². The van der Waals surface area contributed by atoms with Gasteiger partial charge in [0.05, 0.1) is 0 Å². The van der Waals surface area contributed by atoms with Gasteiger partial charge in [-0.2, -0.15) is 0 Å². The molecule has 0 aromatic heterocycles. The molecule has 0 spiro atoms. The molecule has 1 fully saturated rings. The lowest BCUT2D eigenvalue weighted by molar-refractivity contribution is -0.137. The van der Waals surface area contributed by atoms with Gasteiger partial charge in [-0.05, 0) is 25.7 Å². The quantitative estimate of drug-likeness (QED) is 0.566. The zero-order valence-electron chi connectivity index (χ0n) is 8.74. The Hall–Kier alpha value is -1.10. The van der Waals surface area contributed by atoms with E-state index in [1.54, 1.807) is 0 Å². The molecular weight excluding hydrogens is 196 g/mol. The van der Waals surface area contributed by atoms with Crippen LogP contribution in [0.1, 0.15) is 32.1 Å². The minimum atomic E-state index is -0.827. The third-order valence-corrected chi connectivity index (χ3v) is 2.71. The van der Waals surface area contributed by atoms with Crippen LogP contribution in [0.25, 0.3) is 0 Å². The molecule has 15 heavy (non-hydrogen) atoms. The smallest absolute Gasteiger partial charge is 0.303 e. The molecule has 5 nitrogen and oxygen atoms in total. The number of carbonyl (C=O) groups excluding carboxylic acids is 1. The number of carbonyl (C=O) groups is 2. The number of carboxylic acid groups (broad SMARTS) is 1. The fourth-order valence-corrected chi connectivity index (χ4v) is 1.85. The molecule has 1 aliphatic carbocycles. The molecule has 4 N–H and O–H groups in total. The number of hydrogen-bond acceptors (Lipinski definition) is 3. The summed E-state index contributed by atoms with van der Waals surface area (Å²) >= 11 is 0. The van der Waals surface area contributed by atoms with Crippen molar-refractivity contribution in [2.75, 3.05) is 6.54 Å². The van der Waals surface area contributed by atoms with Crippen LogP contribution in [0.5, 0.6) is 0 Å². The first-order valence-corrected chi connectivity index (χ1v) is 5.34. The summed E-state index contributed by atoms with van der Waals surface area (Å²) in [5.74, 6) is -0.773. The molecule has 2 atom stereocenters. The molecule has 0 bridgehead atoms.